The Morgan fingerprint density at radius 1 is 1.05 bits per heavy atom. The fourth-order valence-corrected chi connectivity index (χ4v) is 3.00. The minimum absolute atomic E-state index is 0.0722. The van der Waals surface area contributed by atoms with E-state index in [4.69, 9.17) is 0 Å². The van der Waals surface area contributed by atoms with Gasteiger partial charge in [0.15, 0.2) is 0 Å². The van der Waals surface area contributed by atoms with Crippen LogP contribution in [0.15, 0.2) is 60.7 Å². The summed E-state index contributed by atoms with van der Waals surface area (Å²) >= 11 is 0. The SMILES string of the molecule is OC[C@@H]1CN(Cc2ccccc2)CC=C1c1ccc(F)cc1. The Morgan fingerprint density at radius 3 is 2.45 bits per heavy atom. The minimum atomic E-state index is -0.230. The monoisotopic (exact) mass is 297 g/mol. The molecule has 0 unspecified atom stereocenters. The van der Waals surface area contributed by atoms with Gasteiger partial charge in [-0.05, 0) is 28.8 Å². The van der Waals surface area contributed by atoms with Gasteiger partial charge in [-0.2, -0.15) is 0 Å². The molecule has 0 amide bonds. The number of nitrogens with zero attached hydrogens (tertiary/aromatic N) is 1. The van der Waals surface area contributed by atoms with Crippen molar-refractivity contribution in [2.75, 3.05) is 19.7 Å². The first-order valence-electron chi connectivity index (χ1n) is 7.59. The van der Waals surface area contributed by atoms with Gasteiger partial charge in [0.05, 0.1) is 6.61 Å². The molecule has 2 nitrogen and oxygen atoms in total. The first kappa shape index (κ1) is 14.9. The van der Waals surface area contributed by atoms with E-state index >= 15 is 0 Å². The Kier molecular flexibility index (Phi) is 4.66. The lowest BCUT2D eigenvalue weighted by Crippen LogP contribution is -2.35. The van der Waals surface area contributed by atoms with E-state index < -0.39 is 0 Å². The quantitative estimate of drug-likeness (QED) is 0.935. The molecular weight excluding hydrogens is 277 g/mol. The van der Waals surface area contributed by atoms with E-state index in [2.05, 4.69) is 23.1 Å². The Balaban J connectivity index is 1.75. The maximum atomic E-state index is 13.1. The second-order valence-corrected chi connectivity index (χ2v) is 5.73. The lowest BCUT2D eigenvalue weighted by molar-refractivity contribution is 0.189. The predicted octanol–water partition coefficient (Wildman–Crippen LogP) is 3.33. The zero-order chi connectivity index (χ0) is 15.4. The highest BCUT2D eigenvalue weighted by Gasteiger charge is 2.23. The number of halogens is 1. The largest absolute Gasteiger partial charge is 0.396 e. The zero-order valence-corrected chi connectivity index (χ0v) is 12.5. The van der Waals surface area contributed by atoms with Gasteiger partial charge in [-0.3, -0.25) is 4.90 Å². The van der Waals surface area contributed by atoms with Crippen molar-refractivity contribution in [2.45, 2.75) is 6.54 Å². The fraction of sp³-hybridized carbons (Fsp3) is 0.263. The molecule has 0 saturated heterocycles. The lowest BCUT2D eigenvalue weighted by Gasteiger charge is -2.32. The third-order valence-corrected chi connectivity index (χ3v) is 4.13. The van der Waals surface area contributed by atoms with Crippen molar-refractivity contribution in [3.63, 3.8) is 0 Å². The molecule has 1 heterocycles. The molecule has 0 fully saturated rings. The highest BCUT2D eigenvalue weighted by Crippen LogP contribution is 2.28. The third-order valence-electron chi connectivity index (χ3n) is 4.13. The summed E-state index contributed by atoms with van der Waals surface area (Å²) in [6.07, 6.45) is 2.15. The molecule has 2 aromatic carbocycles. The van der Waals surface area contributed by atoms with Crippen LogP contribution in [-0.4, -0.2) is 29.7 Å². The molecule has 0 aromatic heterocycles. The van der Waals surface area contributed by atoms with Gasteiger partial charge in [0, 0.05) is 25.6 Å². The first-order chi connectivity index (χ1) is 10.8. The lowest BCUT2D eigenvalue weighted by atomic mass is 9.89. The van der Waals surface area contributed by atoms with E-state index in [0.29, 0.717) is 0 Å². The van der Waals surface area contributed by atoms with Gasteiger partial charge in [-0.25, -0.2) is 4.39 Å². The van der Waals surface area contributed by atoms with Gasteiger partial charge in [-0.1, -0.05) is 48.5 Å². The molecule has 2 aromatic rings. The topological polar surface area (TPSA) is 23.5 Å². The molecule has 0 radical (unpaired) electrons. The average Bonchev–Trinajstić information content (AvgIpc) is 2.56. The molecule has 0 saturated carbocycles. The molecule has 114 valence electrons. The van der Waals surface area contributed by atoms with Crippen LogP contribution in [-0.2, 0) is 6.54 Å². The normalized spacial score (nSPS) is 19.0. The van der Waals surface area contributed by atoms with E-state index in [0.717, 1.165) is 30.8 Å². The fourth-order valence-electron chi connectivity index (χ4n) is 3.00. The number of benzene rings is 2. The van der Waals surface area contributed by atoms with E-state index in [9.17, 15) is 9.50 Å². The molecule has 1 atom stereocenters. The van der Waals surface area contributed by atoms with Crippen molar-refractivity contribution in [3.8, 4) is 0 Å². The highest BCUT2D eigenvalue weighted by atomic mass is 19.1. The van der Waals surface area contributed by atoms with Crippen LogP contribution in [0.1, 0.15) is 11.1 Å². The van der Waals surface area contributed by atoms with Crippen LogP contribution < -0.4 is 0 Å². The summed E-state index contributed by atoms with van der Waals surface area (Å²) in [7, 11) is 0. The van der Waals surface area contributed by atoms with Crippen LogP contribution in [0.4, 0.5) is 4.39 Å². The Hall–Kier alpha value is -1.97. The molecule has 1 N–H and O–H groups in total. The summed E-state index contributed by atoms with van der Waals surface area (Å²) in [6.45, 7) is 2.64. The van der Waals surface area contributed by atoms with Crippen molar-refractivity contribution in [1.82, 2.24) is 4.90 Å². The van der Waals surface area contributed by atoms with Gasteiger partial charge in [0.2, 0.25) is 0 Å². The second-order valence-electron chi connectivity index (χ2n) is 5.73. The number of rotatable bonds is 4. The summed E-state index contributed by atoms with van der Waals surface area (Å²) in [4.78, 5) is 2.32. The van der Waals surface area contributed by atoms with Crippen molar-refractivity contribution in [2.24, 2.45) is 5.92 Å². The van der Waals surface area contributed by atoms with Gasteiger partial charge in [-0.15, -0.1) is 0 Å². The van der Waals surface area contributed by atoms with Gasteiger partial charge < -0.3 is 5.11 Å². The predicted molar refractivity (Wildman–Crippen MR) is 86.7 cm³/mol. The van der Waals surface area contributed by atoms with Crippen molar-refractivity contribution in [1.29, 1.82) is 0 Å². The molecule has 22 heavy (non-hydrogen) atoms. The van der Waals surface area contributed by atoms with Crippen LogP contribution in [0.2, 0.25) is 0 Å². The molecule has 0 spiro atoms. The average molecular weight is 297 g/mol. The Bertz CT molecular complexity index is 636. The minimum Gasteiger partial charge on any atom is -0.396 e. The molecule has 1 aliphatic heterocycles. The molecule has 0 aliphatic carbocycles. The Morgan fingerprint density at radius 2 is 1.77 bits per heavy atom. The number of aliphatic hydroxyl groups is 1. The molecule has 0 bridgehead atoms. The van der Waals surface area contributed by atoms with Crippen LogP contribution in [0.25, 0.3) is 5.57 Å². The first-order valence-corrected chi connectivity index (χ1v) is 7.59. The molecule has 1 aliphatic rings. The summed E-state index contributed by atoms with van der Waals surface area (Å²) in [6, 6.07) is 16.9. The van der Waals surface area contributed by atoms with E-state index in [-0.39, 0.29) is 18.3 Å². The number of aliphatic hydroxyl groups excluding tert-OH is 1. The standard InChI is InChI=1S/C19H20FNO/c20-18-8-6-16(7-9-18)19-10-11-21(13-17(19)14-22)12-15-4-2-1-3-5-15/h1-10,17,22H,11-14H2/t17-/m0/s1. The maximum Gasteiger partial charge on any atom is 0.123 e. The summed E-state index contributed by atoms with van der Waals surface area (Å²) in [5, 5.41) is 9.72. The summed E-state index contributed by atoms with van der Waals surface area (Å²) in [5.41, 5.74) is 3.39. The van der Waals surface area contributed by atoms with E-state index in [1.807, 2.05) is 18.2 Å². The second kappa shape index (κ2) is 6.86. The summed E-state index contributed by atoms with van der Waals surface area (Å²) in [5.74, 6) is -0.158. The highest BCUT2D eigenvalue weighted by molar-refractivity contribution is 5.68. The van der Waals surface area contributed by atoms with Crippen LogP contribution in [0.3, 0.4) is 0 Å². The molecular formula is C19H20FNO. The zero-order valence-electron chi connectivity index (χ0n) is 12.5. The Labute approximate surface area is 130 Å². The van der Waals surface area contributed by atoms with E-state index in [1.54, 1.807) is 12.1 Å². The van der Waals surface area contributed by atoms with Gasteiger partial charge in [0.1, 0.15) is 5.82 Å². The van der Waals surface area contributed by atoms with Gasteiger partial charge >= 0.3 is 0 Å². The molecule has 3 heteroatoms. The smallest absolute Gasteiger partial charge is 0.123 e. The van der Waals surface area contributed by atoms with Gasteiger partial charge in [0.25, 0.3) is 0 Å². The van der Waals surface area contributed by atoms with E-state index in [1.165, 1.54) is 17.7 Å². The van der Waals surface area contributed by atoms with Crippen molar-refractivity contribution < 1.29 is 9.50 Å². The van der Waals surface area contributed by atoms with Crippen LogP contribution in [0, 0.1) is 11.7 Å². The van der Waals surface area contributed by atoms with Crippen molar-refractivity contribution in [3.05, 3.63) is 77.6 Å². The third kappa shape index (κ3) is 3.43. The van der Waals surface area contributed by atoms with Crippen LogP contribution in [0.5, 0.6) is 0 Å². The van der Waals surface area contributed by atoms with Crippen LogP contribution >= 0.6 is 0 Å². The maximum absolute atomic E-state index is 13.1. The number of hydrogen-bond acceptors (Lipinski definition) is 2. The molecule has 3 rings (SSSR count). The van der Waals surface area contributed by atoms with Crippen molar-refractivity contribution >= 4 is 5.57 Å². The number of hydrogen-bond donors (Lipinski definition) is 1. The summed E-state index contributed by atoms with van der Waals surface area (Å²) < 4.78 is 13.1.